The second-order valence-electron chi connectivity index (χ2n) is 7.85. The van der Waals surface area contributed by atoms with Crippen molar-refractivity contribution in [1.29, 1.82) is 0 Å². The van der Waals surface area contributed by atoms with Crippen LogP contribution in [0.3, 0.4) is 0 Å². The van der Waals surface area contributed by atoms with Crippen molar-refractivity contribution in [2.24, 2.45) is 0 Å². The number of likely N-dealkylation sites (tertiary alicyclic amines) is 1. The number of aryl methyl sites for hydroxylation is 2. The van der Waals surface area contributed by atoms with Crippen LogP contribution in [0, 0.1) is 6.92 Å². The van der Waals surface area contributed by atoms with E-state index < -0.39 is 0 Å². The number of benzene rings is 1. The minimum absolute atomic E-state index is 0.637. The molecule has 0 amide bonds. The Morgan fingerprint density at radius 1 is 1.30 bits per heavy atom. The van der Waals surface area contributed by atoms with Crippen molar-refractivity contribution in [1.82, 2.24) is 19.6 Å². The Kier molecular flexibility index (Phi) is 7.25. The number of likely N-dealkylation sites (N-methyl/N-ethyl adjacent to an activating group) is 1. The molecule has 3 rings (SSSR count). The van der Waals surface area contributed by atoms with Crippen LogP contribution in [-0.4, -0.2) is 52.3 Å². The van der Waals surface area contributed by atoms with Crippen molar-refractivity contribution >= 4 is 0 Å². The van der Waals surface area contributed by atoms with Crippen LogP contribution in [0.2, 0.25) is 0 Å². The summed E-state index contributed by atoms with van der Waals surface area (Å²) < 4.78 is 1.99. The van der Waals surface area contributed by atoms with Gasteiger partial charge in [-0.1, -0.05) is 36.4 Å². The Morgan fingerprint density at radius 3 is 2.89 bits per heavy atom. The standard InChI is InChI=1S/C23H34N4/c1-4-14-27-18-22(20(2)24-27)17-25(3)23-13-9-16-26(19-23)15-8-12-21-10-6-5-7-11-21/h4-7,10-11,18,23H,1,8-9,12-17,19H2,2-3H3. The molecule has 2 aromatic rings. The highest BCUT2D eigenvalue weighted by Crippen LogP contribution is 2.19. The summed E-state index contributed by atoms with van der Waals surface area (Å²) in [5, 5.41) is 4.59. The Labute approximate surface area is 164 Å². The van der Waals surface area contributed by atoms with E-state index in [1.54, 1.807) is 0 Å². The van der Waals surface area contributed by atoms with Crippen molar-refractivity contribution in [2.75, 3.05) is 26.7 Å². The Hall–Kier alpha value is -1.91. The zero-order valence-corrected chi connectivity index (χ0v) is 17.0. The monoisotopic (exact) mass is 366 g/mol. The van der Waals surface area contributed by atoms with E-state index in [4.69, 9.17) is 0 Å². The van der Waals surface area contributed by atoms with Gasteiger partial charge in [-0.2, -0.15) is 5.10 Å². The Bertz CT molecular complexity index is 706. The van der Waals surface area contributed by atoms with Crippen LogP contribution >= 0.6 is 0 Å². The molecule has 0 N–H and O–H groups in total. The topological polar surface area (TPSA) is 24.3 Å². The number of piperidine rings is 1. The van der Waals surface area contributed by atoms with Gasteiger partial charge in [0.1, 0.15) is 0 Å². The highest BCUT2D eigenvalue weighted by molar-refractivity contribution is 5.16. The zero-order chi connectivity index (χ0) is 19.1. The lowest BCUT2D eigenvalue weighted by molar-refractivity contribution is 0.111. The highest BCUT2D eigenvalue weighted by Gasteiger charge is 2.23. The van der Waals surface area contributed by atoms with E-state index in [9.17, 15) is 0 Å². The molecule has 0 bridgehead atoms. The zero-order valence-electron chi connectivity index (χ0n) is 17.0. The fourth-order valence-corrected chi connectivity index (χ4v) is 4.08. The molecule has 1 aromatic heterocycles. The molecule has 4 heteroatoms. The first-order chi connectivity index (χ1) is 13.2. The van der Waals surface area contributed by atoms with Crippen LogP contribution in [0.1, 0.15) is 36.1 Å². The summed E-state index contributed by atoms with van der Waals surface area (Å²) in [4.78, 5) is 5.17. The average Bonchev–Trinajstić information content (AvgIpc) is 3.02. The smallest absolute Gasteiger partial charge is 0.0638 e. The molecule has 4 nitrogen and oxygen atoms in total. The molecule has 1 atom stereocenters. The molecule has 1 fully saturated rings. The first kappa shape index (κ1) is 19.8. The lowest BCUT2D eigenvalue weighted by Crippen LogP contribution is -2.46. The number of rotatable bonds is 9. The molecule has 1 unspecified atom stereocenters. The van der Waals surface area contributed by atoms with Crippen LogP contribution in [0.5, 0.6) is 0 Å². The minimum Gasteiger partial charge on any atom is -0.302 e. The van der Waals surface area contributed by atoms with E-state index in [0.717, 1.165) is 18.8 Å². The summed E-state index contributed by atoms with van der Waals surface area (Å²) in [7, 11) is 2.27. The lowest BCUT2D eigenvalue weighted by Gasteiger charge is -2.37. The van der Waals surface area contributed by atoms with Gasteiger partial charge >= 0.3 is 0 Å². The van der Waals surface area contributed by atoms with Crippen LogP contribution in [-0.2, 0) is 19.5 Å². The molecule has 27 heavy (non-hydrogen) atoms. The molecule has 146 valence electrons. The summed E-state index contributed by atoms with van der Waals surface area (Å²) in [5.74, 6) is 0. The molecule has 0 radical (unpaired) electrons. The molecule has 2 heterocycles. The van der Waals surface area contributed by atoms with Gasteiger partial charge in [0, 0.05) is 30.9 Å². The number of hydrogen-bond donors (Lipinski definition) is 0. The first-order valence-corrected chi connectivity index (χ1v) is 10.3. The lowest BCUT2D eigenvalue weighted by atomic mass is 10.0. The molecule has 1 aliphatic rings. The van der Waals surface area contributed by atoms with Crippen molar-refractivity contribution < 1.29 is 0 Å². The van der Waals surface area contributed by atoms with Crippen LogP contribution in [0.15, 0.2) is 49.2 Å². The summed E-state index contributed by atoms with van der Waals surface area (Å²) in [5.41, 5.74) is 3.93. The van der Waals surface area contributed by atoms with Gasteiger partial charge in [0.2, 0.25) is 0 Å². The molecule has 1 aliphatic heterocycles. The maximum absolute atomic E-state index is 4.59. The molecule has 1 saturated heterocycles. The molecular weight excluding hydrogens is 332 g/mol. The van der Waals surface area contributed by atoms with Crippen molar-refractivity contribution in [2.45, 2.75) is 51.7 Å². The predicted molar refractivity (Wildman–Crippen MR) is 113 cm³/mol. The van der Waals surface area contributed by atoms with Gasteiger partial charge in [0.25, 0.3) is 0 Å². The van der Waals surface area contributed by atoms with Crippen molar-refractivity contribution in [3.8, 4) is 0 Å². The Morgan fingerprint density at radius 2 is 2.11 bits per heavy atom. The van der Waals surface area contributed by atoms with E-state index >= 15 is 0 Å². The summed E-state index contributed by atoms with van der Waals surface area (Å²) in [6.45, 7) is 11.3. The number of aromatic nitrogens is 2. The van der Waals surface area contributed by atoms with Crippen molar-refractivity contribution in [3.05, 3.63) is 66.0 Å². The van der Waals surface area contributed by atoms with Crippen LogP contribution < -0.4 is 0 Å². The van der Waals surface area contributed by atoms with E-state index in [2.05, 4.69) is 72.0 Å². The van der Waals surface area contributed by atoms with Crippen LogP contribution in [0.25, 0.3) is 0 Å². The van der Waals surface area contributed by atoms with Gasteiger partial charge in [0.15, 0.2) is 0 Å². The third-order valence-corrected chi connectivity index (χ3v) is 5.67. The third-order valence-electron chi connectivity index (χ3n) is 5.67. The summed E-state index contributed by atoms with van der Waals surface area (Å²) in [6.07, 6.45) is 9.09. The van der Waals surface area contributed by atoms with Gasteiger partial charge in [-0.15, -0.1) is 6.58 Å². The van der Waals surface area contributed by atoms with E-state index in [1.165, 1.54) is 56.4 Å². The summed E-state index contributed by atoms with van der Waals surface area (Å²) >= 11 is 0. The molecule has 0 saturated carbocycles. The summed E-state index contributed by atoms with van der Waals surface area (Å²) in [6, 6.07) is 11.5. The fourth-order valence-electron chi connectivity index (χ4n) is 4.08. The molecule has 0 aliphatic carbocycles. The Balaban J connectivity index is 1.47. The fraction of sp³-hybridized carbons (Fsp3) is 0.522. The van der Waals surface area contributed by atoms with Gasteiger partial charge in [-0.05, 0) is 58.3 Å². The normalized spacial score (nSPS) is 18.1. The molecule has 1 aromatic carbocycles. The first-order valence-electron chi connectivity index (χ1n) is 10.3. The van der Waals surface area contributed by atoms with E-state index in [-0.39, 0.29) is 0 Å². The predicted octanol–water partition coefficient (Wildman–Crippen LogP) is 3.91. The number of allylic oxidation sites excluding steroid dienone is 1. The van der Waals surface area contributed by atoms with Gasteiger partial charge < -0.3 is 4.90 Å². The average molecular weight is 367 g/mol. The SMILES string of the molecule is C=CCn1cc(CN(C)C2CCCN(CCCc3ccccc3)C2)c(C)n1. The van der Waals surface area contributed by atoms with Gasteiger partial charge in [-0.3, -0.25) is 9.58 Å². The number of hydrogen-bond acceptors (Lipinski definition) is 3. The number of nitrogens with zero attached hydrogens (tertiary/aromatic N) is 4. The maximum atomic E-state index is 4.59. The third kappa shape index (κ3) is 5.78. The maximum Gasteiger partial charge on any atom is 0.0638 e. The second kappa shape index (κ2) is 9.86. The second-order valence-corrected chi connectivity index (χ2v) is 7.85. The van der Waals surface area contributed by atoms with E-state index in [0.29, 0.717) is 6.04 Å². The van der Waals surface area contributed by atoms with E-state index in [1.807, 2.05) is 10.8 Å². The highest BCUT2D eigenvalue weighted by atomic mass is 15.3. The molecular formula is C23H34N4. The van der Waals surface area contributed by atoms with Gasteiger partial charge in [-0.25, -0.2) is 0 Å². The van der Waals surface area contributed by atoms with Gasteiger partial charge in [0.05, 0.1) is 12.2 Å². The quantitative estimate of drug-likeness (QED) is 0.629. The molecule has 0 spiro atoms. The largest absolute Gasteiger partial charge is 0.302 e. The van der Waals surface area contributed by atoms with Crippen molar-refractivity contribution in [3.63, 3.8) is 0 Å². The minimum atomic E-state index is 0.637. The van der Waals surface area contributed by atoms with Crippen LogP contribution in [0.4, 0.5) is 0 Å².